The number of nitrogens with zero attached hydrogens (tertiary/aromatic N) is 4. The van der Waals surface area contributed by atoms with E-state index in [0.29, 0.717) is 39.9 Å². The van der Waals surface area contributed by atoms with Crippen molar-refractivity contribution in [2.75, 3.05) is 12.5 Å². The van der Waals surface area contributed by atoms with Gasteiger partial charge in [-0.25, -0.2) is 9.97 Å². The lowest BCUT2D eigenvalue weighted by Gasteiger charge is -2.01. The molecule has 0 radical (unpaired) electrons. The molecule has 28 heavy (non-hydrogen) atoms. The second kappa shape index (κ2) is 6.64. The number of aryl methyl sites for hydroxylation is 2. The first-order valence-electron chi connectivity index (χ1n) is 8.47. The molecule has 0 unspecified atom stereocenters. The molecule has 0 atom stereocenters. The zero-order chi connectivity index (χ0) is 19.3. The Bertz CT molecular complexity index is 1200. The molecule has 0 saturated carbocycles. The number of aromatic nitrogens is 4. The molecule has 142 valence electrons. The number of hydrogen-bond acceptors (Lipinski definition) is 10. The molecule has 1 aliphatic heterocycles. The highest BCUT2D eigenvalue weighted by atomic mass is 32.2. The van der Waals surface area contributed by atoms with Gasteiger partial charge in [-0.1, -0.05) is 16.9 Å². The Hall–Kier alpha value is -2.85. The molecule has 5 rings (SSSR count). The number of rotatable bonds is 4. The summed E-state index contributed by atoms with van der Waals surface area (Å²) in [5.41, 5.74) is 8.07. The summed E-state index contributed by atoms with van der Waals surface area (Å²) < 4.78 is 16.1. The van der Waals surface area contributed by atoms with Crippen molar-refractivity contribution in [3.63, 3.8) is 0 Å². The third-order valence-corrected chi connectivity index (χ3v) is 6.39. The van der Waals surface area contributed by atoms with E-state index in [2.05, 4.69) is 27.0 Å². The van der Waals surface area contributed by atoms with E-state index in [1.807, 2.05) is 25.1 Å². The minimum atomic E-state index is 0.226. The monoisotopic (exact) mass is 413 g/mol. The first-order chi connectivity index (χ1) is 13.6. The van der Waals surface area contributed by atoms with Gasteiger partial charge in [0, 0.05) is 10.4 Å². The average molecular weight is 413 g/mol. The highest BCUT2D eigenvalue weighted by Gasteiger charge is 2.17. The lowest BCUT2D eigenvalue weighted by molar-refractivity contribution is 0.174. The Labute approximate surface area is 168 Å². The molecule has 0 fully saturated rings. The van der Waals surface area contributed by atoms with Crippen LogP contribution >= 0.6 is 23.1 Å². The van der Waals surface area contributed by atoms with Crippen LogP contribution in [0.15, 0.2) is 27.9 Å². The smallest absolute Gasteiger partial charge is 0.237 e. The number of ether oxygens (including phenoxy) is 2. The molecule has 3 aromatic heterocycles. The van der Waals surface area contributed by atoms with Crippen molar-refractivity contribution in [2.24, 2.45) is 0 Å². The number of nitrogens with two attached hydrogens (primary N) is 1. The van der Waals surface area contributed by atoms with Gasteiger partial charge in [-0.2, -0.15) is 4.98 Å². The molecule has 0 aliphatic carbocycles. The van der Waals surface area contributed by atoms with Crippen LogP contribution in [-0.4, -0.2) is 26.9 Å². The summed E-state index contributed by atoms with van der Waals surface area (Å²) in [5, 5.41) is 5.58. The maximum Gasteiger partial charge on any atom is 0.237 e. The van der Waals surface area contributed by atoms with Gasteiger partial charge in [-0.15, -0.1) is 11.3 Å². The molecule has 10 heteroatoms. The zero-order valence-corrected chi connectivity index (χ0v) is 16.7. The van der Waals surface area contributed by atoms with Crippen molar-refractivity contribution in [1.29, 1.82) is 0 Å². The fourth-order valence-corrected chi connectivity index (χ4v) is 4.70. The van der Waals surface area contributed by atoms with Crippen LogP contribution in [0, 0.1) is 13.8 Å². The summed E-state index contributed by atoms with van der Waals surface area (Å²) in [6.07, 6.45) is 0. The zero-order valence-electron chi connectivity index (χ0n) is 15.1. The second-order valence-corrected chi connectivity index (χ2v) is 8.37. The highest BCUT2D eigenvalue weighted by molar-refractivity contribution is 7.98. The van der Waals surface area contributed by atoms with Gasteiger partial charge in [-0.05, 0) is 37.6 Å². The minimum Gasteiger partial charge on any atom is -0.454 e. The van der Waals surface area contributed by atoms with Gasteiger partial charge in [0.2, 0.25) is 18.5 Å². The molecule has 1 aromatic carbocycles. The van der Waals surface area contributed by atoms with Gasteiger partial charge in [0.15, 0.2) is 16.7 Å². The number of thiophene rings is 1. The third-order valence-electron chi connectivity index (χ3n) is 4.46. The molecular weight excluding hydrogens is 398 g/mol. The van der Waals surface area contributed by atoms with Gasteiger partial charge >= 0.3 is 0 Å². The molecule has 4 aromatic rings. The van der Waals surface area contributed by atoms with Crippen LogP contribution in [0.5, 0.6) is 11.5 Å². The van der Waals surface area contributed by atoms with E-state index >= 15 is 0 Å². The van der Waals surface area contributed by atoms with Crippen LogP contribution in [0.4, 0.5) is 5.82 Å². The number of fused-ring (bicyclic) bond motifs is 2. The second-order valence-electron chi connectivity index (χ2n) is 6.22. The van der Waals surface area contributed by atoms with Crippen molar-refractivity contribution in [3.05, 3.63) is 34.5 Å². The highest BCUT2D eigenvalue weighted by Crippen LogP contribution is 2.36. The molecule has 0 bridgehead atoms. The molecule has 4 heterocycles. The summed E-state index contributed by atoms with van der Waals surface area (Å²) >= 11 is 3.03. The lowest BCUT2D eigenvalue weighted by Crippen LogP contribution is -1.96. The molecule has 1 aliphatic rings. The lowest BCUT2D eigenvalue weighted by atomic mass is 10.2. The predicted molar refractivity (Wildman–Crippen MR) is 107 cm³/mol. The normalized spacial score (nSPS) is 12.8. The summed E-state index contributed by atoms with van der Waals surface area (Å²) in [6, 6.07) is 5.54. The number of nitrogen functional groups attached to an aromatic ring is 1. The van der Waals surface area contributed by atoms with Gasteiger partial charge in [0.1, 0.15) is 10.6 Å². The first-order valence-corrected chi connectivity index (χ1v) is 10.3. The number of benzene rings is 1. The first kappa shape index (κ1) is 17.3. The maximum absolute atomic E-state index is 6.13. The number of thioether (sulfide) groups is 1. The van der Waals surface area contributed by atoms with Crippen LogP contribution in [0.3, 0.4) is 0 Å². The maximum atomic E-state index is 6.13. The van der Waals surface area contributed by atoms with E-state index in [0.717, 1.165) is 21.3 Å². The van der Waals surface area contributed by atoms with Gasteiger partial charge in [0.25, 0.3) is 0 Å². The summed E-state index contributed by atoms with van der Waals surface area (Å²) in [5.74, 6) is 3.32. The quantitative estimate of drug-likeness (QED) is 0.392. The van der Waals surface area contributed by atoms with Crippen LogP contribution < -0.4 is 15.2 Å². The molecule has 0 amide bonds. The standard InChI is InChI=1S/C18H15N5O3S2/c1-8-9(2)28-17-14(8)15(19)21-18(22-17)27-6-13-20-16(23-26-13)10-3-4-11-12(5-10)25-7-24-11/h3-5H,6-7H2,1-2H3,(H2,19,21,22). The van der Waals surface area contributed by atoms with Crippen LogP contribution in [0.1, 0.15) is 16.3 Å². The summed E-state index contributed by atoms with van der Waals surface area (Å²) in [6.45, 7) is 4.32. The summed E-state index contributed by atoms with van der Waals surface area (Å²) in [7, 11) is 0. The molecule has 0 spiro atoms. The van der Waals surface area contributed by atoms with Crippen molar-refractivity contribution < 1.29 is 14.0 Å². The van der Waals surface area contributed by atoms with Crippen molar-refractivity contribution in [1.82, 2.24) is 20.1 Å². The minimum absolute atomic E-state index is 0.226. The molecular formula is C18H15N5O3S2. The molecule has 8 nitrogen and oxygen atoms in total. The molecule has 2 N–H and O–H groups in total. The van der Waals surface area contributed by atoms with E-state index < -0.39 is 0 Å². The van der Waals surface area contributed by atoms with Gasteiger partial charge in [-0.3, -0.25) is 0 Å². The van der Waals surface area contributed by atoms with E-state index in [1.165, 1.54) is 16.6 Å². The summed E-state index contributed by atoms with van der Waals surface area (Å²) in [4.78, 5) is 15.6. The van der Waals surface area contributed by atoms with E-state index in [4.69, 9.17) is 19.7 Å². The van der Waals surface area contributed by atoms with Crippen LogP contribution in [0.2, 0.25) is 0 Å². The van der Waals surface area contributed by atoms with Crippen LogP contribution in [-0.2, 0) is 5.75 Å². The van der Waals surface area contributed by atoms with Crippen LogP contribution in [0.25, 0.3) is 21.6 Å². The Morgan fingerprint density at radius 1 is 1.14 bits per heavy atom. The Kier molecular flexibility index (Phi) is 4.09. The van der Waals surface area contributed by atoms with Crippen molar-refractivity contribution >= 4 is 39.1 Å². The van der Waals surface area contributed by atoms with E-state index in [-0.39, 0.29) is 6.79 Å². The fourth-order valence-electron chi connectivity index (χ4n) is 2.92. The Morgan fingerprint density at radius 3 is 2.89 bits per heavy atom. The Morgan fingerprint density at radius 2 is 2.00 bits per heavy atom. The largest absolute Gasteiger partial charge is 0.454 e. The van der Waals surface area contributed by atoms with Crippen molar-refractivity contribution in [3.8, 4) is 22.9 Å². The van der Waals surface area contributed by atoms with E-state index in [9.17, 15) is 0 Å². The number of anilines is 1. The average Bonchev–Trinajstić information content (AvgIpc) is 3.39. The van der Waals surface area contributed by atoms with Gasteiger partial charge in [0.05, 0.1) is 11.1 Å². The predicted octanol–water partition coefficient (Wildman–Crippen LogP) is 3.96. The third kappa shape index (κ3) is 2.94. The number of hydrogen-bond donors (Lipinski definition) is 1. The molecule has 0 saturated heterocycles. The fraction of sp³-hybridized carbons (Fsp3) is 0.222. The van der Waals surface area contributed by atoms with Crippen molar-refractivity contribution in [2.45, 2.75) is 24.8 Å². The topological polar surface area (TPSA) is 109 Å². The SMILES string of the molecule is Cc1sc2nc(SCc3nc(-c4ccc5c(c4)OCO5)no3)nc(N)c2c1C. The van der Waals surface area contributed by atoms with Gasteiger partial charge < -0.3 is 19.7 Å². The Balaban J connectivity index is 1.34. The van der Waals surface area contributed by atoms with E-state index in [1.54, 1.807) is 11.3 Å².